The lowest BCUT2D eigenvalue weighted by atomic mass is 10.4. The summed E-state index contributed by atoms with van der Waals surface area (Å²) in [6.45, 7) is 0.451. The lowest BCUT2D eigenvalue weighted by Crippen LogP contribution is -2.02. The summed E-state index contributed by atoms with van der Waals surface area (Å²) in [7, 11) is 0. The van der Waals surface area contributed by atoms with Gasteiger partial charge in [0.15, 0.2) is 6.79 Å². The van der Waals surface area contributed by atoms with Gasteiger partial charge < -0.3 is 14.2 Å². The Bertz CT molecular complexity index is 219. The van der Waals surface area contributed by atoms with Gasteiger partial charge in [-0.15, -0.1) is 0 Å². The van der Waals surface area contributed by atoms with E-state index in [1.807, 2.05) is 0 Å². The van der Waals surface area contributed by atoms with Crippen LogP contribution in [-0.4, -0.2) is 25.8 Å². The number of hydrogen-bond donors (Lipinski definition) is 0. The van der Waals surface area contributed by atoms with Gasteiger partial charge in [0.2, 0.25) is 0 Å². The monoisotopic (exact) mass is 200 g/mol. The Morgan fingerprint density at radius 1 is 1.43 bits per heavy atom. The van der Waals surface area contributed by atoms with Gasteiger partial charge in [-0.05, 0) is 18.9 Å². The number of hydrogen-bond acceptors (Lipinski definition) is 5. The quantitative estimate of drug-likeness (QED) is 0.198. The summed E-state index contributed by atoms with van der Waals surface area (Å²) in [5, 5.41) is 0. The van der Waals surface area contributed by atoms with Crippen molar-refractivity contribution in [1.29, 1.82) is 0 Å². The van der Waals surface area contributed by atoms with E-state index in [4.69, 9.17) is 9.47 Å². The predicted octanol–water partition coefficient (Wildman–Crippen LogP) is 0.600. The Balaban J connectivity index is 1.92. The van der Waals surface area contributed by atoms with Crippen LogP contribution < -0.4 is 0 Å². The standard InChI is InChI=1S/C9H12O5/c10-6-13-7-12-4-1-5-14-9(11)8-2-3-8/h1,5-6,8H,2-4,7H2/b5-1-. The van der Waals surface area contributed by atoms with E-state index >= 15 is 0 Å². The van der Waals surface area contributed by atoms with Crippen LogP contribution in [0, 0.1) is 5.92 Å². The van der Waals surface area contributed by atoms with Gasteiger partial charge in [-0.3, -0.25) is 9.59 Å². The summed E-state index contributed by atoms with van der Waals surface area (Å²) in [6.07, 6.45) is 4.68. The second kappa shape index (κ2) is 6.15. The molecule has 0 spiro atoms. The topological polar surface area (TPSA) is 61.8 Å². The van der Waals surface area contributed by atoms with Crippen molar-refractivity contribution < 1.29 is 23.8 Å². The highest BCUT2D eigenvalue weighted by Crippen LogP contribution is 2.29. The van der Waals surface area contributed by atoms with Gasteiger partial charge in [0.1, 0.15) is 0 Å². The molecule has 1 aliphatic carbocycles. The minimum absolute atomic E-state index is 0.0928. The molecule has 5 nitrogen and oxygen atoms in total. The number of ether oxygens (including phenoxy) is 3. The maximum Gasteiger partial charge on any atom is 0.313 e. The van der Waals surface area contributed by atoms with Crippen LogP contribution in [0.1, 0.15) is 12.8 Å². The highest BCUT2D eigenvalue weighted by Gasteiger charge is 2.30. The fourth-order valence-corrected chi connectivity index (χ4v) is 0.762. The van der Waals surface area contributed by atoms with Crippen molar-refractivity contribution in [3.8, 4) is 0 Å². The van der Waals surface area contributed by atoms with Crippen molar-refractivity contribution in [3.05, 3.63) is 12.3 Å². The first-order valence-corrected chi connectivity index (χ1v) is 4.33. The molecule has 0 radical (unpaired) electrons. The first-order valence-electron chi connectivity index (χ1n) is 4.33. The Morgan fingerprint density at radius 3 is 2.86 bits per heavy atom. The molecular formula is C9H12O5. The van der Waals surface area contributed by atoms with Crippen LogP contribution in [-0.2, 0) is 23.8 Å². The van der Waals surface area contributed by atoms with E-state index < -0.39 is 0 Å². The van der Waals surface area contributed by atoms with Gasteiger partial charge in [-0.25, -0.2) is 0 Å². The molecule has 0 N–H and O–H groups in total. The zero-order valence-corrected chi connectivity index (χ0v) is 7.68. The van der Waals surface area contributed by atoms with Crippen molar-refractivity contribution in [2.24, 2.45) is 5.92 Å². The lowest BCUT2D eigenvalue weighted by Gasteiger charge is -1.97. The van der Waals surface area contributed by atoms with Crippen LogP contribution >= 0.6 is 0 Å². The Hall–Kier alpha value is -1.36. The summed E-state index contributed by atoms with van der Waals surface area (Å²) in [4.78, 5) is 20.6. The zero-order valence-electron chi connectivity index (χ0n) is 7.68. The predicted molar refractivity (Wildman–Crippen MR) is 45.9 cm³/mol. The molecule has 1 aliphatic rings. The Kier molecular flexibility index (Phi) is 4.71. The Labute approximate surface area is 81.6 Å². The average Bonchev–Trinajstić information content (AvgIpc) is 2.99. The van der Waals surface area contributed by atoms with Crippen molar-refractivity contribution in [1.82, 2.24) is 0 Å². The molecule has 14 heavy (non-hydrogen) atoms. The molecule has 1 fully saturated rings. The molecule has 0 aromatic rings. The fourth-order valence-electron chi connectivity index (χ4n) is 0.762. The van der Waals surface area contributed by atoms with E-state index in [1.54, 1.807) is 0 Å². The van der Waals surface area contributed by atoms with Crippen molar-refractivity contribution in [2.45, 2.75) is 12.8 Å². The first-order chi connectivity index (χ1) is 6.84. The number of carbonyl (C=O) groups excluding carboxylic acids is 2. The summed E-state index contributed by atoms with van der Waals surface area (Å²) < 4.78 is 13.8. The number of rotatable bonds is 7. The van der Waals surface area contributed by atoms with E-state index in [-0.39, 0.29) is 25.3 Å². The molecule has 0 saturated heterocycles. The van der Waals surface area contributed by atoms with Gasteiger partial charge in [-0.2, -0.15) is 0 Å². The minimum Gasteiger partial charge on any atom is -0.441 e. The maximum absolute atomic E-state index is 11.0. The summed E-state index contributed by atoms with van der Waals surface area (Å²) in [5.74, 6) is -0.0932. The summed E-state index contributed by atoms with van der Waals surface area (Å²) >= 11 is 0. The second-order valence-electron chi connectivity index (χ2n) is 2.83. The maximum atomic E-state index is 11.0. The highest BCUT2D eigenvalue weighted by molar-refractivity contribution is 5.75. The van der Waals surface area contributed by atoms with Gasteiger partial charge in [0.05, 0.1) is 18.8 Å². The van der Waals surface area contributed by atoms with Gasteiger partial charge in [0.25, 0.3) is 6.47 Å². The zero-order chi connectivity index (χ0) is 10.2. The highest BCUT2D eigenvalue weighted by atomic mass is 16.7. The molecule has 1 rings (SSSR count). The molecular weight excluding hydrogens is 188 g/mol. The number of carbonyl (C=O) groups is 2. The average molecular weight is 200 g/mol. The molecule has 0 aromatic heterocycles. The molecule has 0 bridgehead atoms. The molecule has 0 amide bonds. The summed E-state index contributed by atoms with van der Waals surface area (Å²) in [6, 6.07) is 0. The molecule has 0 heterocycles. The van der Waals surface area contributed by atoms with E-state index in [1.165, 1.54) is 12.3 Å². The second-order valence-corrected chi connectivity index (χ2v) is 2.83. The first kappa shape index (κ1) is 10.7. The minimum atomic E-state index is -0.189. The van der Waals surface area contributed by atoms with Crippen molar-refractivity contribution in [3.63, 3.8) is 0 Å². The molecule has 0 aliphatic heterocycles. The van der Waals surface area contributed by atoms with E-state index in [0.717, 1.165) is 12.8 Å². The molecule has 78 valence electrons. The van der Waals surface area contributed by atoms with Gasteiger partial charge >= 0.3 is 5.97 Å². The van der Waals surface area contributed by atoms with E-state index in [2.05, 4.69) is 4.74 Å². The van der Waals surface area contributed by atoms with Crippen LogP contribution in [0.15, 0.2) is 12.3 Å². The third-order valence-electron chi connectivity index (χ3n) is 1.62. The lowest BCUT2D eigenvalue weighted by molar-refractivity contribution is -0.139. The van der Waals surface area contributed by atoms with E-state index in [0.29, 0.717) is 6.47 Å². The largest absolute Gasteiger partial charge is 0.441 e. The van der Waals surface area contributed by atoms with Gasteiger partial charge in [0, 0.05) is 0 Å². The normalized spacial score (nSPS) is 15.4. The van der Waals surface area contributed by atoms with Crippen LogP contribution in [0.3, 0.4) is 0 Å². The third kappa shape index (κ3) is 4.61. The molecule has 1 saturated carbocycles. The van der Waals surface area contributed by atoms with Gasteiger partial charge in [-0.1, -0.05) is 0 Å². The molecule has 5 heteroatoms. The fraction of sp³-hybridized carbons (Fsp3) is 0.556. The molecule has 0 unspecified atom stereocenters. The van der Waals surface area contributed by atoms with Crippen LogP contribution in [0.2, 0.25) is 0 Å². The summed E-state index contributed by atoms with van der Waals surface area (Å²) in [5.41, 5.74) is 0. The third-order valence-corrected chi connectivity index (χ3v) is 1.62. The SMILES string of the molecule is O=COCOC/C=C\OC(=O)C1CC1. The van der Waals surface area contributed by atoms with Crippen LogP contribution in [0.4, 0.5) is 0 Å². The van der Waals surface area contributed by atoms with Crippen molar-refractivity contribution in [2.75, 3.05) is 13.4 Å². The van der Waals surface area contributed by atoms with E-state index in [9.17, 15) is 9.59 Å². The van der Waals surface area contributed by atoms with Crippen LogP contribution in [0.25, 0.3) is 0 Å². The number of esters is 1. The smallest absolute Gasteiger partial charge is 0.313 e. The molecule has 0 atom stereocenters. The van der Waals surface area contributed by atoms with Crippen molar-refractivity contribution >= 4 is 12.4 Å². The molecule has 0 aromatic carbocycles. The van der Waals surface area contributed by atoms with Crippen LogP contribution in [0.5, 0.6) is 0 Å². The Morgan fingerprint density at radius 2 is 2.21 bits per heavy atom.